The summed E-state index contributed by atoms with van der Waals surface area (Å²) in [5.74, 6) is -0.698. The highest BCUT2D eigenvalue weighted by Gasteiger charge is 2.24. The number of unbranched alkanes of at least 4 members (excludes halogenated alkanes) is 3. The monoisotopic (exact) mass is 493 g/mol. The van der Waals surface area contributed by atoms with E-state index in [1.165, 1.54) is 18.3 Å². The highest BCUT2D eigenvalue weighted by molar-refractivity contribution is 5.88. The quantitative estimate of drug-likeness (QED) is 0.297. The zero-order chi connectivity index (χ0) is 25.8. The molecule has 0 spiro atoms. The Morgan fingerprint density at radius 1 is 1.03 bits per heavy atom. The van der Waals surface area contributed by atoms with Crippen molar-refractivity contribution in [3.05, 3.63) is 77.8 Å². The van der Waals surface area contributed by atoms with Gasteiger partial charge in [0, 0.05) is 12.1 Å². The van der Waals surface area contributed by atoms with Crippen molar-refractivity contribution >= 4 is 18.0 Å². The lowest BCUT2D eigenvalue weighted by Gasteiger charge is -2.17. The molecule has 0 unspecified atom stereocenters. The number of alkyl carbamates (subject to hydrolysis) is 1. The van der Waals surface area contributed by atoms with Gasteiger partial charge < -0.3 is 24.9 Å². The van der Waals surface area contributed by atoms with Crippen molar-refractivity contribution in [2.75, 3.05) is 6.54 Å². The van der Waals surface area contributed by atoms with Crippen molar-refractivity contribution in [1.82, 2.24) is 15.6 Å². The Kier molecular flexibility index (Phi) is 10.1. The van der Waals surface area contributed by atoms with E-state index in [0.717, 1.165) is 31.2 Å². The van der Waals surface area contributed by atoms with Gasteiger partial charge in [-0.2, -0.15) is 0 Å². The fourth-order valence-electron chi connectivity index (χ4n) is 3.49. The molecule has 9 heteroatoms. The van der Waals surface area contributed by atoms with Crippen LogP contribution in [0.3, 0.4) is 0 Å². The molecule has 0 saturated heterocycles. The Balaban J connectivity index is 1.64. The number of aromatic carboxylic acids is 1. The molecule has 0 fully saturated rings. The van der Waals surface area contributed by atoms with E-state index < -0.39 is 18.1 Å². The first-order valence-electron chi connectivity index (χ1n) is 12.0. The summed E-state index contributed by atoms with van der Waals surface area (Å²) in [7, 11) is 0. The molecule has 3 aromatic rings. The molecule has 190 valence electrons. The number of carbonyl (C=O) groups excluding carboxylic acids is 2. The molecule has 0 aliphatic rings. The van der Waals surface area contributed by atoms with Crippen LogP contribution in [0.5, 0.6) is 0 Å². The SMILES string of the molecule is CCCCCCNC(=O)[C@H](Cc1ncc(-c2ccc(C(=O)O)cc2)o1)NC(=O)OCc1ccccc1. The summed E-state index contributed by atoms with van der Waals surface area (Å²) in [4.78, 5) is 40.6. The number of hydrogen-bond acceptors (Lipinski definition) is 6. The van der Waals surface area contributed by atoms with E-state index in [-0.39, 0.29) is 30.4 Å². The molecule has 3 rings (SSSR count). The van der Waals surface area contributed by atoms with Crippen molar-refractivity contribution < 1.29 is 28.6 Å². The van der Waals surface area contributed by atoms with Crippen molar-refractivity contribution in [3.8, 4) is 11.3 Å². The predicted molar refractivity (Wildman–Crippen MR) is 133 cm³/mol. The molecule has 9 nitrogen and oxygen atoms in total. The minimum atomic E-state index is -1.02. The molecule has 2 amide bonds. The van der Waals surface area contributed by atoms with Gasteiger partial charge in [0.05, 0.1) is 18.2 Å². The Bertz CT molecular complexity index is 1130. The smallest absolute Gasteiger partial charge is 0.408 e. The maximum absolute atomic E-state index is 12.9. The number of rotatable bonds is 13. The van der Waals surface area contributed by atoms with E-state index in [9.17, 15) is 14.4 Å². The second-order valence-electron chi connectivity index (χ2n) is 8.32. The molecule has 36 heavy (non-hydrogen) atoms. The molecule has 1 atom stereocenters. The van der Waals surface area contributed by atoms with Crippen LogP contribution in [0.25, 0.3) is 11.3 Å². The van der Waals surface area contributed by atoms with Crippen LogP contribution in [0, 0.1) is 0 Å². The van der Waals surface area contributed by atoms with Crippen LogP contribution >= 0.6 is 0 Å². The van der Waals surface area contributed by atoms with Crippen LogP contribution in [0.15, 0.2) is 65.2 Å². The summed E-state index contributed by atoms with van der Waals surface area (Å²) in [6, 6.07) is 14.5. The van der Waals surface area contributed by atoms with E-state index in [4.69, 9.17) is 14.3 Å². The van der Waals surface area contributed by atoms with Crippen LogP contribution in [0.2, 0.25) is 0 Å². The van der Waals surface area contributed by atoms with Crippen molar-refractivity contribution in [3.63, 3.8) is 0 Å². The maximum atomic E-state index is 12.9. The third kappa shape index (κ3) is 8.26. The van der Waals surface area contributed by atoms with E-state index in [2.05, 4.69) is 22.5 Å². The maximum Gasteiger partial charge on any atom is 0.408 e. The van der Waals surface area contributed by atoms with Crippen LogP contribution in [0.1, 0.15) is 54.4 Å². The Morgan fingerprint density at radius 2 is 1.78 bits per heavy atom. The lowest BCUT2D eigenvalue weighted by atomic mass is 10.1. The molecule has 0 radical (unpaired) electrons. The number of nitrogens with zero attached hydrogens (tertiary/aromatic N) is 1. The number of ether oxygens (including phenoxy) is 1. The normalized spacial score (nSPS) is 11.5. The molecule has 2 aromatic carbocycles. The number of carboxylic acids is 1. The topological polar surface area (TPSA) is 131 Å². The molecule has 1 aromatic heterocycles. The number of benzene rings is 2. The molecule has 0 bridgehead atoms. The third-order valence-corrected chi connectivity index (χ3v) is 5.50. The first-order chi connectivity index (χ1) is 17.5. The number of hydrogen-bond donors (Lipinski definition) is 3. The first kappa shape index (κ1) is 26.5. The van der Waals surface area contributed by atoms with Crippen LogP contribution in [-0.2, 0) is 22.6 Å². The van der Waals surface area contributed by atoms with Gasteiger partial charge in [0.25, 0.3) is 0 Å². The number of nitrogens with one attached hydrogen (secondary N) is 2. The van der Waals surface area contributed by atoms with E-state index >= 15 is 0 Å². The summed E-state index contributed by atoms with van der Waals surface area (Å²) in [6.45, 7) is 2.70. The van der Waals surface area contributed by atoms with Crippen molar-refractivity contribution in [2.24, 2.45) is 0 Å². The fourth-order valence-corrected chi connectivity index (χ4v) is 3.49. The Morgan fingerprint density at radius 3 is 2.47 bits per heavy atom. The van der Waals surface area contributed by atoms with Crippen molar-refractivity contribution in [2.45, 2.75) is 51.7 Å². The molecule has 3 N–H and O–H groups in total. The van der Waals surface area contributed by atoms with Gasteiger partial charge >= 0.3 is 12.1 Å². The summed E-state index contributed by atoms with van der Waals surface area (Å²) in [5.41, 5.74) is 1.63. The number of amides is 2. The zero-order valence-corrected chi connectivity index (χ0v) is 20.2. The number of carbonyl (C=O) groups is 3. The van der Waals surface area contributed by atoms with Crippen molar-refractivity contribution in [1.29, 1.82) is 0 Å². The molecule has 0 aliphatic heterocycles. The standard InChI is InChI=1S/C27H31N3O6/c1-2-3-4-8-15-28-25(31)22(30-27(34)35-18-19-9-6-5-7-10-19)16-24-29-17-23(36-24)20-11-13-21(14-12-20)26(32)33/h5-7,9-14,17,22H,2-4,8,15-16,18H2,1H3,(H,28,31)(H,30,34)(H,32,33)/t22-/m0/s1. The van der Waals surface area contributed by atoms with Gasteiger partial charge in [-0.3, -0.25) is 4.79 Å². The lowest BCUT2D eigenvalue weighted by Crippen LogP contribution is -2.48. The summed E-state index contributed by atoms with van der Waals surface area (Å²) in [6.07, 6.45) is 4.85. The third-order valence-electron chi connectivity index (χ3n) is 5.50. The average Bonchev–Trinajstić information content (AvgIpc) is 3.36. The first-order valence-corrected chi connectivity index (χ1v) is 12.0. The molecule has 1 heterocycles. The zero-order valence-electron chi connectivity index (χ0n) is 20.2. The number of carboxylic acid groups (broad SMARTS) is 1. The predicted octanol–water partition coefficient (Wildman–Crippen LogP) is 4.57. The van der Waals surface area contributed by atoms with Gasteiger partial charge in [-0.15, -0.1) is 0 Å². The fraction of sp³-hybridized carbons (Fsp3) is 0.333. The van der Waals surface area contributed by atoms with Gasteiger partial charge in [0.15, 0.2) is 11.7 Å². The number of oxazole rings is 1. The van der Waals surface area contributed by atoms with E-state index in [1.54, 1.807) is 12.1 Å². The van der Waals surface area contributed by atoms with Gasteiger partial charge in [-0.05, 0) is 24.1 Å². The highest BCUT2D eigenvalue weighted by Crippen LogP contribution is 2.21. The van der Waals surface area contributed by atoms with Crippen LogP contribution in [0.4, 0.5) is 4.79 Å². The Labute approximate surface area is 209 Å². The molecule has 0 aliphatic carbocycles. The van der Waals surface area contributed by atoms with Crippen LogP contribution < -0.4 is 10.6 Å². The molecule has 0 saturated carbocycles. The Hall–Kier alpha value is -4.14. The van der Waals surface area contributed by atoms with Crippen LogP contribution in [-0.4, -0.2) is 40.6 Å². The summed E-state index contributed by atoms with van der Waals surface area (Å²) >= 11 is 0. The number of aromatic nitrogens is 1. The average molecular weight is 494 g/mol. The van der Waals surface area contributed by atoms with Gasteiger partial charge in [-0.1, -0.05) is 68.7 Å². The van der Waals surface area contributed by atoms with E-state index in [0.29, 0.717) is 17.9 Å². The van der Waals surface area contributed by atoms with Gasteiger partial charge in [-0.25, -0.2) is 14.6 Å². The van der Waals surface area contributed by atoms with Gasteiger partial charge in [0.2, 0.25) is 5.91 Å². The molecular formula is C27H31N3O6. The van der Waals surface area contributed by atoms with Gasteiger partial charge in [0.1, 0.15) is 12.6 Å². The van der Waals surface area contributed by atoms with E-state index in [1.807, 2.05) is 30.3 Å². The molecular weight excluding hydrogens is 462 g/mol. The lowest BCUT2D eigenvalue weighted by molar-refractivity contribution is -0.123. The minimum absolute atomic E-state index is 0.0223. The minimum Gasteiger partial charge on any atom is -0.478 e. The summed E-state index contributed by atoms with van der Waals surface area (Å²) in [5, 5.41) is 14.5. The second kappa shape index (κ2) is 13.7. The summed E-state index contributed by atoms with van der Waals surface area (Å²) < 4.78 is 11.1. The second-order valence-corrected chi connectivity index (χ2v) is 8.32. The highest BCUT2D eigenvalue weighted by atomic mass is 16.5. The largest absolute Gasteiger partial charge is 0.478 e.